The molecule has 3 atom stereocenters. The molecule has 0 radical (unpaired) electrons. The smallest absolute Gasteiger partial charge is 0.224 e. The molecule has 132 valence electrons. The summed E-state index contributed by atoms with van der Waals surface area (Å²) in [4.78, 5) is 14.8. The molecule has 0 bridgehead atoms. The molecule has 1 aliphatic carbocycles. The number of likely N-dealkylation sites (tertiary alicyclic amines) is 1. The molecule has 1 aromatic rings. The maximum atomic E-state index is 12.4. The topological polar surface area (TPSA) is 61.8 Å². The zero-order valence-corrected chi connectivity index (χ0v) is 14.6. The van der Waals surface area contributed by atoms with E-state index in [9.17, 15) is 9.90 Å². The number of carbonyl (C=O) groups is 1. The van der Waals surface area contributed by atoms with E-state index in [0.717, 1.165) is 42.8 Å². The van der Waals surface area contributed by atoms with Crippen LogP contribution in [0, 0.1) is 6.92 Å². The number of nitrogens with zero attached hydrogens (tertiary/aromatic N) is 1. The molecule has 1 aliphatic heterocycles. The van der Waals surface area contributed by atoms with Crippen LogP contribution in [0.25, 0.3) is 0 Å². The highest BCUT2D eigenvalue weighted by atomic mass is 16.5. The minimum Gasteiger partial charge on any atom is -0.496 e. The summed E-state index contributed by atoms with van der Waals surface area (Å²) in [6.45, 7) is 4.15. The van der Waals surface area contributed by atoms with E-state index in [0.29, 0.717) is 0 Å². The molecule has 2 fully saturated rings. The molecule has 0 spiro atoms. The Labute approximate surface area is 144 Å². The molecule has 5 nitrogen and oxygen atoms in total. The first-order chi connectivity index (χ1) is 11.6. The predicted octanol–water partition coefficient (Wildman–Crippen LogP) is 1.65. The van der Waals surface area contributed by atoms with E-state index >= 15 is 0 Å². The van der Waals surface area contributed by atoms with Crippen molar-refractivity contribution >= 4 is 5.91 Å². The molecule has 1 aromatic carbocycles. The van der Waals surface area contributed by atoms with E-state index in [2.05, 4.69) is 10.2 Å². The molecule has 0 unspecified atom stereocenters. The SMILES string of the molecule is COc1ccc(C)cc1CC(=O)N[C@@H]1CC[C@@H](N2CCCC2)[C@@H]1O. The summed E-state index contributed by atoms with van der Waals surface area (Å²) in [6, 6.07) is 5.91. The van der Waals surface area contributed by atoms with Gasteiger partial charge in [0, 0.05) is 11.6 Å². The van der Waals surface area contributed by atoms with Crippen LogP contribution in [0.2, 0.25) is 0 Å². The Morgan fingerprint density at radius 2 is 2.08 bits per heavy atom. The summed E-state index contributed by atoms with van der Waals surface area (Å²) in [7, 11) is 1.62. The zero-order chi connectivity index (χ0) is 17.1. The average Bonchev–Trinajstić information content (AvgIpc) is 3.18. The number of aliphatic hydroxyl groups excluding tert-OH is 1. The van der Waals surface area contributed by atoms with Gasteiger partial charge in [-0.15, -0.1) is 0 Å². The third-order valence-electron chi connectivity index (χ3n) is 5.32. The van der Waals surface area contributed by atoms with Crippen molar-refractivity contribution in [1.82, 2.24) is 10.2 Å². The summed E-state index contributed by atoms with van der Waals surface area (Å²) in [5, 5.41) is 13.6. The van der Waals surface area contributed by atoms with E-state index in [4.69, 9.17) is 4.74 Å². The number of carbonyl (C=O) groups excluding carboxylic acids is 1. The maximum Gasteiger partial charge on any atom is 0.224 e. The summed E-state index contributed by atoms with van der Waals surface area (Å²) >= 11 is 0. The number of aryl methyl sites for hydroxylation is 1. The van der Waals surface area contributed by atoms with Crippen molar-refractivity contribution in [2.75, 3.05) is 20.2 Å². The van der Waals surface area contributed by atoms with Gasteiger partial charge in [-0.25, -0.2) is 0 Å². The standard InChI is InChI=1S/C19H28N2O3/c1-13-5-8-17(24-2)14(11-13)12-18(22)20-15-6-7-16(19(15)23)21-9-3-4-10-21/h5,8,11,15-16,19,23H,3-4,6-7,9-10,12H2,1-2H3,(H,20,22)/t15-,16-,19-/m1/s1. The lowest BCUT2D eigenvalue weighted by molar-refractivity contribution is -0.122. The van der Waals surface area contributed by atoms with Crippen LogP contribution in [-0.2, 0) is 11.2 Å². The van der Waals surface area contributed by atoms with Crippen molar-refractivity contribution in [3.63, 3.8) is 0 Å². The molecule has 2 N–H and O–H groups in total. The highest BCUT2D eigenvalue weighted by Gasteiger charge is 2.39. The van der Waals surface area contributed by atoms with Gasteiger partial charge >= 0.3 is 0 Å². The van der Waals surface area contributed by atoms with Crippen LogP contribution >= 0.6 is 0 Å². The fourth-order valence-electron chi connectivity index (χ4n) is 4.07. The molecule has 0 aromatic heterocycles. The van der Waals surface area contributed by atoms with Crippen molar-refractivity contribution in [3.8, 4) is 5.75 Å². The van der Waals surface area contributed by atoms with E-state index in [-0.39, 0.29) is 24.4 Å². The quantitative estimate of drug-likeness (QED) is 0.861. The van der Waals surface area contributed by atoms with Crippen molar-refractivity contribution < 1.29 is 14.6 Å². The van der Waals surface area contributed by atoms with Crippen LogP contribution in [-0.4, -0.2) is 54.3 Å². The monoisotopic (exact) mass is 332 g/mol. The second kappa shape index (κ2) is 7.53. The van der Waals surface area contributed by atoms with Crippen molar-refractivity contribution in [3.05, 3.63) is 29.3 Å². The van der Waals surface area contributed by atoms with Crippen LogP contribution in [0.4, 0.5) is 0 Å². The number of hydrogen-bond acceptors (Lipinski definition) is 4. The van der Waals surface area contributed by atoms with Gasteiger partial charge in [-0.05, 0) is 51.8 Å². The van der Waals surface area contributed by atoms with E-state index in [1.807, 2.05) is 25.1 Å². The number of amides is 1. The van der Waals surface area contributed by atoms with Gasteiger partial charge in [0.2, 0.25) is 5.91 Å². The largest absolute Gasteiger partial charge is 0.496 e. The second-order valence-electron chi connectivity index (χ2n) is 7.04. The molecular formula is C19H28N2O3. The third kappa shape index (κ3) is 3.73. The minimum atomic E-state index is -0.466. The second-order valence-corrected chi connectivity index (χ2v) is 7.04. The summed E-state index contributed by atoms with van der Waals surface area (Å²) < 4.78 is 5.34. The zero-order valence-electron chi connectivity index (χ0n) is 14.6. The van der Waals surface area contributed by atoms with Gasteiger partial charge in [0.1, 0.15) is 5.75 Å². The lowest BCUT2D eigenvalue weighted by Gasteiger charge is -2.28. The van der Waals surface area contributed by atoms with Crippen LogP contribution in [0.3, 0.4) is 0 Å². The molecule has 1 heterocycles. The molecular weight excluding hydrogens is 304 g/mol. The van der Waals surface area contributed by atoms with Gasteiger partial charge in [-0.2, -0.15) is 0 Å². The van der Waals surface area contributed by atoms with Crippen LogP contribution < -0.4 is 10.1 Å². The number of ether oxygens (including phenoxy) is 1. The Kier molecular flexibility index (Phi) is 5.41. The van der Waals surface area contributed by atoms with E-state index < -0.39 is 6.10 Å². The first-order valence-electron chi connectivity index (χ1n) is 8.93. The number of hydrogen-bond donors (Lipinski definition) is 2. The Morgan fingerprint density at radius 1 is 1.33 bits per heavy atom. The fourth-order valence-corrected chi connectivity index (χ4v) is 4.07. The Bertz CT molecular complexity index is 584. The fraction of sp³-hybridized carbons (Fsp3) is 0.632. The predicted molar refractivity (Wildman–Crippen MR) is 93.2 cm³/mol. The molecule has 1 amide bonds. The molecule has 2 aliphatic rings. The Hall–Kier alpha value is -1.59. The summed E-state index contributed by atoms with van der Waals surface area (Å²) in [6.07, 6.45) is 4.05. The van der Waals surface area contributed by atoms with Crippen molar-refractivity contribution in [1.29, 1.82) is 0 Å². The molecule has 3 rings (SSSR count). The maximum absolute atomic E-state index is 12.4. The lowest BCUT2D eigenvalue weighted by atomic mass is 10.1. The lowest BCUT2D eigenvalue weighted by Crippen LogP contribution is -2.48. The van der Waals surface area contributed by atoms with Crippen LogP contribution in [0.15, 0.2) is 18.2 Å². The molecule has 24 heavy (non-hydrogen) atoms. The van der Waals surface area contributed by atoms with Gasteiger partial charge in [0.25, 0.3) is 0 Å². The molecule has 1 saturated carbocycles. The van der Waals surface area contributed by atoms with Crippen LogP contribution in [0.1, 0.15) is 36.8 Å². The van der Waals surface area contributed by atoms with Crippen molar-refractivity contribution in [2.24, 2.45) is 0 Å². The highest BCUT2D eigenvalue weighted by molar-refractivity contribution is 5.79. The van der Waals surface area contributed by atoms with E-state index in [1.165, 1.54) is 12.8 Å². The average molecular weight is 332 g/mol. The van der Waals surface area contributed by atoms with E-state index in [1.54, 1.807) is 7.11 Å². The highest BCUT2D eigenvalue weighted by Crippen LogP contribution is 2.28. The number of aliphatic hydroxyl groups is 1. The first-order valence-corrected chi connectivity index (χ1v) is 8.93. The van der Waals surface area contributed by atoms with Gasteiger partial charge in [0.15, 0.2) is 0 Å². The first kappa shape index (κ1) is 17.2. The van der Waals surface area contributed by atoms with Crippen molar-refractivity contribution in [2.45, 2.75) is 57.2 Å². The van der Waals surface area contributed by atoms with Gasteiger partial charge in [-0.1, -0.05) is 17.7 Å². The normalized spacial score (nSPS) is 27.4. The number of methoxy groups -OCH3 is 1. The Morgan fingerprint density at radius 3 is 2.79 bits per heavy atom. The number of nitrogens with one attached hydrogen (secondary N) is 1. The third-order valence-corrected chi connectivity index (χ3v) is 5.32. The molecule has 1 saturated heterocycles. The van der Waals surface area contributed by atoms with Gasteiger partial charge in [-0.3, -0.25) is 9.69 Å². The van der Waals surface area contributed by atoms with Crippen LogP contribution in [0.5, 0.6) is 5.75 Å². The molecule has 5 heteroatoms. The number of benzene rings is 1. The number of rotatable bonds is 5. The summed E-state index contributed by atoms with van der Waals surface area (Å²) in [5.41, 5.74) is 1.99. The van der Waals surface area contributed by atoms with Gasteiger partial charge < -0.3 is 15.2 Å². The minimum absolute atomic E-state index is 0.0509. The summed E-state index contributed by atoms with van der Waals surface area (Å²) in [5.74, 6) is 0.683. The van der Waals surface area contributed by atoms with Gasteiger partial charge in [0.05, 0.1) is 25.7 Å². The Balaban J connectivity index is 1.58.